The van der Waals surface area contributed by atoms with Gasteiger partial charge in [-0.3, -0.25) is 4.98 Å². The quantitative estimate of drug-likeness (QED) is 0.732. The maximum absolute atomic E-state index is 11.4. The number of hydrogen-bond acceptors (Lipinski definition) is 5. The van der Waals surface area contributed by atoms with Gasteiger partial charge in [0.1, 0.15) is 0 Å². The SMILES string of the molecule is COC(=O)c1cnc(-c2ccncc2)nc1C. The molecule has 0 aliphatic heterocycles. The van der Waals surface area contributed by atoms with Crippen molar-refractivity contribution < 1.29 is 9.53 Å². The van der Waals surface area contributed by atoms with Crippen LogP contribution in [0, 0.1) is 6.92 Å². The number of methoxy groups -OCH3 is 1. The molecule has 0 aliphatic carbocycles. The first kappa shape index (κ1) is 11.2. The van der Waals surface area contributed by atoms with Crippen molar-refractivity contribution in [1.29, 1.82) is 0 Å². The number of hydrogen-bond donors (Lipinski definition) is 0. The number of ether oxygens (including phenoxy) is 1. The molecule has 2 aromatic heterocycles. The van der Waals surface area contributed by atoms with Gasteiger partial charge in [0.2, 0.25) is 0 Å². The fraction of sp³-hybridized carbons (Fsp3) is 0.167. The first-order valence-corrected chi connectivity index (χ1v) is 5.04. The van der Waals surface area contributed by atoms with Gasteiger partial charge < -0.3 is 4.74 Å². The van der Waals surface area contributed by atoms with Gasteiger partial charge in [0, 0.05) is 24.2 Å². The molecule has 0 aliphatic rings. The van der Waals surface area contributed by atoms with Crippen LogP contribution in [-0.4, -0.2) is 28.0 Å². The zero-order valence-corrected chi connectivity index (χ0v) is 9.54. The minimum atomic E-state index is -0.427. The Morgan fingerprint density at radius 3 is 2.59 bits per heavy atom. The van der Waals surface area contributed by atoms with Crippen LogP contribution in [0.25, 0.3) is 11.4 Å². The molecule has 0 bridgehead atoms. The number of aromatic nitrogens is 3. The molecule has 0 saturated heterocycles. The van der Waals surface area contributed by atoms with Gasteiger partial charge in [-0.2, -0.15) is 0 Å². The first-order valence-electron chi connectivity index (χ1n) is 5.04. The van der Waals surface area contributed by atoms with Crippen LogP contribution in [0.15, 0.2) is 30.7 Å². The van der Waals surface area contributed by atoms with E-state index in [4.69, 9.17) is 0 Å². The highest BCUT2D eigenvalue weighted by molar-refractivity contribution is 5.90. The summed E-state index contributed by atoms with van der Waals surface area (Å²) in [5.41, 5.74) is 1.84. The summed E-state index contributed by atoms with van der Waals surface area (Å²) in [7, 11) is 1.33. The van der Waals surface area contributed by atoms with E-state index in [1.165, 1.54) is 13.3 Å². The summed E-state index contributed by atoms with van der Waals surface area (Å²) in [5.74, 6) is 0.140. The van der Waals surface area contributed by atoms with Gasteiger partial charge in [-0.1, -0.05) is 0 Å². The highest BCUT2D eigenvalue weighted by Crippen LogP contribution is 2.15. The van der Waals surface area contributed by atoms with Crippen LogP contribution in [0.2, 0.25) is 0 Å². The summed E-state index contributed by atoms with van der Waals surface area (Å²) in [5, 5.41) is 0. The van der Waals surface area contributed by atoms with E-state index >= 15 is 0 Å². The van der Waals surface area contributed by atoms with Crippen molar-refractivity contribution in [1.82, 2.24) is 15.0 Å². The average Bonchev–Trinajstić information content (AvgIpc) is 2.39. The first-order chi connectivity index (χ1) is 8.22. The fourth-order valence-corrected chi connectivity index (χ4v) is 1.42. The van der Waals surface area contributed by atoms with Crippen LogP contribution < -0.4 is 0 Å². The van der Waals surface area contributed by atoms with E-state index in [0.717, 1.165) is 5.56 Å². The number of nitrogens with zero attached hydrogens (tertiary/aromatic N) is 3. The summed E-state index contributed by atoms with van der Waals surface area (Å²) < 4.78 is 4.63. The van der Waals surface area contributed by atoms with Crippen LogP contribution in [0.5, 0.6) is 0 Å². The van der Waals surface area contributed by atoms with Crippen LogP contribution in [0.1, 0.15) is 16.1 Å². The van der Waals surface area contributed by atoms with Crippen molar-refractivity contribution in [2.24, 2.45) is 0 Å². The Balaban J connectivity index is 2.41. The number of pyridine rings is 1. The molecule has 2 rings (SSSR count). The maximum Gasteiger partial charge on any atom is 0.341 e. The highest BCUT2D eigenvalue weighted by Gasteiger charge is 2.12. The zero-order valence-electron chi connectivity index (χ0n) is 9.54. The molecule has 5 nitrogen and oxygen atoms in total. The smallest absolute Gasteiger partial charge is 0.341 e. The minimum absolute atomic E-state index is 0.380. The standard InChI is InChI=1S/C12H11N3O2/c1-8-10(12(16)17-2)7-14-11(15-8)9-3-5-13-6-4-9/h3-7H,1-2H3. The van der Waals surface area contributed by atoms with Gasteiger partial charge in [-0.05, 0) is 19.1 Å². The molecule has 17 heavy (non-hydrogen) atoms. The van der Waals surface area contributed by atoms with Gasteiger partial charge in [-0.25, -0.2) is 14.8 Å². The van der Waals surface area contributed by atoms with Crippen molar-refractivity contribution >= 4 is 5.97 Å². The summed E-state index contributed by atoms with van der Waals surface area (Å²) in [6, 6.07) is 3.62. The molecule has 0 amide bonds. The van der Waals surface area contributed by atoms with Gasteiger partial charge in [0.05, 0.1) is 18.4 Å². The maximum atomic E-state index is 11.4. The van der Waals surface area contributed by atoms with Crippen LogP contribution in [0.4, 0.5) is 0 Å². The van der Waals surface area contributed by atoms with E-state index in [0.29, 0.717) is 17.1 Å². The normalized spacial score (nSPS) is 10.0. The molecule has 2 heterocycles. The van der Waals surface area contributed by atoms with E-state index in [1.807, 2.05) is 12.1 Å². The molecule has 0 saturated carbocycles. The molecule has 0 aromatic carbocycles. The molecule has 0 N–H and O–H groups in total. The molecule has 0 atom stereocenters. The lowest BCUT2D eigenvalue weighted by Gasteiger charge is -2.04. The van der Waals surface area contributed by atoms with Crippen molar-refractivity contribution in [2.75, 3.05) is 7.11 Å². The number of esters is 1. The van der Waals surface area contributed by atoms with Crippen molar-refractivity contribution in [3.63, 3.8) is 0 Å². The summed E-state index contributed by atoms with van der Waals surface area (Å²) in [6.45, 7) is 1.75. The fourth-order valence-electron chi connectivity index (χ4n) is 1.42. The molecule has 5 heteroatoms. The van der Waals surface area contributed by atoms with Gasteiger partial charge in [-0.15, -0.1) is 0 Å². The van der Waals surface area contributed by atoms with Gasteiger partial charge in [0.15, 0.2) is 5.82 Å². The molecule has 0 unspecified atom stereocenters. The van der Waals surface area contributed by atoms with Crippen LogP contribution in [0.3, 0.4) is 0 Å². The van der Waals surface area contributed by atoms with Crippen molar-refractivity contribution in [2.45, 2.75) is 6.92 Å². The van der Waals surface area contributed by atoms with E-state index < -0.39 is 5.97 Å². The average molecular weight is 229 g/mol. The van der Waals surface area contributed by atoms with Crippen LogP contribution >= 0.6 is 0 Å². The van der Waals surface area contributed by atoms with E-state index in [2.05, 4.69) is 19.7 Å². The molecule has 0 spiro atoms. The number of carbonyl (C=O) groups excluding carboxylic acids is 1. The summed E-state index contributed by atoms with van der Waals surface area (Å²) in [4.78, 5) is 23.7. The Labute approximate surface area is 98.5 Å². The lowest BCUT2D eigenvalue weighted by molar-refractivity contribution is 0.0599. The van der Waals surface area contributed by atoms with Crippen LogP contribution in [-0.2, 0) is 4.74 Å². The third-order valence-corrected chi connectivity index (χ3v) is 2.32. The Bertz CT molecular complexity index is 541. The van der Waals surface area contributed by atoms with Crippen molar-refractivity contribution in [3.8, 4) is 11.4 Å². The van der Waals surface area contributed by atoms with Gasteiger partial charge in [0.25, 0.3) is 0 Å². The second-order valence-electron chi connectivity index (χ2n) is 3.42. The topological polar surface area (TPSA) is 65.0 Å². The Kier molecular flexibility index (Phi) is 3.09. The Hall–Kier alpha value is -2.30. The lowest BCUT2D eigenvalue weighted by Crippen LogP contribution is -2.07. The predicted octanol–water partition coefficient (Wildman–Crippen LogP) is 1.63. The van der Waals surface area contributed by atoms with E-state index in [9.17, 15) is 4.79 Å². The van der Waals surface area contributed by atoms with E-state index in [-0.39, 0.29) is 0 Å². The predicted molar refractivity (Wildman–Crippen MR) is 61.3 cm³/mol. The number of aryl methyl sites for hydroxylation is 1. The molecular formula is C12H11N3O2. The second-order valence-corrected chi connectivity index (χ2v) is 3.42. The molecule has 0 radical (unpaired) electrons. The Morgan fingerprint density at radius 2 is 2.00 bits per heavy atom. The third kappa shape index (κ3) is 2.28. The molecule has 2 aromatic rings. The summed E-state index contributed by atoms with van der Waals surface area (Å²) >= 11 is 0. The highest BCUT2D eigenvalue weighted by atomic mass is 16.5. The molecule has 0 fully saturated rings. The number of rotatable bonds is 2. The third-order valence-electron chi connectivity index (χ3n) is 2.32. The largest absolute Gasteiger partial charge is 0.465 e. The number of carbonyl (C=O) groups is 1. The Morgan fingerprint density at radius 1 is 1.29 bits per heavy atom. The molecular weight excluding hydrogens is 218 g/mol. The molecule has 86 valence electrons. The van der Waals surface area contributed by atoms with Gasteiger partial charge >= 0.3 is 5.97 Å². The minimum Gasteiger partial charge on any atom is -0.465 e. The van der Waals surface area contributed by atoms with Crippen molar-refractivity contribution in [3.05, 3.63) is 42.0 Å². The zero-order chi connectivity index (χ0) is 12.3. The monoisotopic (exact) mass is 229 g/mol. The summed E-state index contributed by atoms with van der Waals surface area (Å²) in [6.07, 6.45) is 4.81. The second kappa shape index (κ2) is 4.69. The van der Waals surface area contributed by atoms with E-state index in [1.54, 1.807) is 19.3 Å². The lowest BCUT2D eigenvalue weighted by atomic mass is 10.2.